The van der Waals surface area contributed by atoms with Gasteiger partial charge in [-0.2, -0.15) is 4.89 Å². The van der Waals surface area contributed by atoms with Gasteiger partial charge in [0.2, 0.25) is 6.29 Å². The second-order valence-electron chi connectivity index (χ2n) is 9.76. The highest BCUT2D eigenvalue weighted by atomic mass is 17.2. The van der Waals surface area contributed by atoms with E-state index in [9.17, 15) is 50.4 Å². The molecule has 0 aromatic heterocycles. The van der Waals surface area contributed by atoms with Gasteiger partial charge in [-0.15, -0.1) is 0 Å². The van der Waals surface area contributed by atoms with Crippen LogP contribution in [-0.2, 0) is 25.7 Å². The lowest BCUT2D eigenvalue weighted by Gasteiger charge is -2.40. The first-order chi connectivity index (χ1) is 19.5. The Kier molecular flexibility index (Phi) is 8.38. The molecule has 0 amide bonds. The molecule has 2 saturated heterocycles. The number of hydrogen-bond acceptors (Lipinski definition) is 15. The molecule has 8 N–H and O–H groups in total. The Morgan fingerprint density at radius 1 is 0.829 bits per heavy atom. The van der Waals surface area contributed by atoms with Crippen molar-refractivity contribution in [3.8, 4) is 11.5 Å². The molecular formula is C26H28O15. The summed E-state index contributed by atoms with van der Waals surface area (Å²) in [5.41, 5.74) is -0.718. The Morgan fingerprint density at radius 2 is 1.49 bits per heavy atom. The van der Waals surface area contributed by atoms with Gasteiger partial charge in [0.15, 0.2) is 23.6 Å². The van der Waals surface area contributed by atoms with Gasteiger partial charge in [0, 0.05) is 16.7 Å². The zero-order chi connectivity index (χ0) is 29.6. The highest BCUT2D eigenvalue weighted by molar-refractivity contribution is 6.29. The molecule has 41 heavy (non-hydrogen) atoms. The Hall–Kier alpha value is -3.06. The molecule has 2 fully saturated rings. The van der Waals surface area contributed by atoms with Crippen molar-refractivity contribution in [2.45, 2.75) is 61.9 Å². The van der Waals surface area contributed by atoms with Gasteiger partial charge in [0.1, 0.15) is 48.5 Å². The van der Waals surface area contributed by atoms with Crippen LogP contribution in [-0.4, -0.2) is 121 Å². The minimum Gasteiger partial charge on any atom is -0.507 e. The molecule has 0 spiro atoms. The van der Waals surface area contributed by atoms with Crippen LogP contribution in [0.3, 0.4) is 0 Å². The van der Waals surface area contributed by atoms with E-state index in [1.807, 2.05) is 0 Å². The van der Waals surface area contributed by atoms with Gasteiger partial charge in [0.05, 0.1) is 30.9 Å². The fourth-order valence-corrected chi connectivity index (χ4v) is 4.83. The molecule has 9 atom stereocenters. The van der Waals surface area contributed by atoms with E-state index in [2.05, 4.69) is 0 Å². The van der Waals surface area contributed by atoms with E-state index >= 15 is 0 Å². The predicted molar refractivity (Wildman–Crippen MR) is 129 cm³/mol. The van der Waals surface area contributed by atoms with Crippen LogP contribution >= 0.6 is 0 Å². The van der Waals surface area contributed by atoms with Gasteiger partial charge in [-0.05, 0) is 6.07 Å². The molecule has 1 aliphatic carbocycles. The summed E-state index contributed by atoms with van der Waals surface area (Å²) in [6, 6.07) is 7.05. The molecule has 2 aromatic carbocycles. The summed E-state index contributed by atoms with van der Waals surface area (Å²) < 4.78 is 15.9. The molecule has 5 rings (SSSR count). The lowest BCUT2D eigenvalue weighted by molar-refractivity contribution is -0.391. The van der Waals surface area contributed by atoms with Crippen molar-refractivity contribution in [3.63, 3.8) is 0 Å². The zero-order valence-electron chi connectivity index (χ0n) is 21.1. The quantitative estimate of drug-likeness (QED) is 0.104. The van der Waals surface area contributed by atoms with Crippen LogP contribution < -0.4 is 4.89 Å². The molecule has 2 aliphatic heterocycles. The number of hydrogen-bond donors (Lipinski definition) is 8. The largest absolute Gasteiger partial charge is 0.507 e. The van der Waals surface area contributed by atoms with Crippen LogP contribution in [0.25, 0.3) is 0 Å². The highest BCUT2D eigenvalue weighted by Gasteiger charge is 2.47. The molecule has 15 nitrogen and oxygen atoms in total. The SMILES string of the molecule is O=C1c2ccccc2C(=O)c2c1cc(OO[C@@H]1O[C@H](CO[C@@H]3OC[C@@H](O)[C@H](O)[C@H]3O)[C@@H](O)[C@H](O)[C@H]1O)c(CO)c2O. The van der Waals surface area contributed by atoms with Crippen LogP contribution in [0.5, 0.6) is 11.5 Å². The average Bonchev–Trinajstić information content (AvgIpc) is 2.97. The third-order valence-corrected chi connectivity index (χ3v) is 7.19. The Bertz CT molecular complexity index is 1310. The maximum absolute atomic E-state index is 13.1. The lowest BCUT2D eigenvalue weighted by Crippen LogP contribution is -2.60. The number of carbonyl (C=O) groups excluding carboxylic acids is 2. The number of phenols is 1. The molecule has 2 heterocycles. The second-order valence-corrected chi connectivity index (χ2v) is 9.76. The van der Waals surface area contributed by atoms with Crippen LogP contribution in [0.4, 0.5) is 0 Å². The first kappa shape index (κ1) is 29.4. The average molecular weight is 580 g/mol. The van der Waals surface area contributed by atoms with Crippen molar-refractivity contribution in [1.82, 2.24) is 0 Å². The van der Waals surface area contributed by atoms with Gasteiger partial charge in [-0.25, -0.2) is 0 Å². The monoisotopic (exact) mass is 580 g/mol. The van der Waals surface area contributed by atoms with Gasteiger partial charge < -0.3 is 60.0 Å². The van der Waals surface area contributed by atoms with E-state index in [0.29, 0.717) is 0 Å². The maximum Gasteiger partial charge on any atom is 0.232 e. The number of fused-ring (bicyclic) bond motifs is 2. The van der Waals surface area contributed by atoms with Gasteiger partial charge >= 0.3 is 0 Å². The summed E-state index contributed by atoms with van der Waals surface area (Å²) in [5, 5.41) is 81.1. The van der Waals surface area contributed by atoms with E-state index in [4.69, 9.17) is 24.0 Å². The minimum absolute atomic E-state index is 0.0745. The van der Waals surface area contributed by atoms with Crippen molar-refractivity contribution in [2.24, 2.45) is 0 Å². The Balaban J connectivity index is 1.32. The lowest BCUT2D eigenvalue weighted by atomic mass is 9.82. The van der Waals surface area contributed by atoms with Crippen LogP contribution in [0, 0.1) is 0 Å². The fourth-order valence-electron chi connectivity index (χ4n) is 4.83. The summed E-state index contributed by atoms with van der Waals surface area (Å²) >= 11 is 0. The Morgan fingerprint density at radius 3 is 2.17 bits per heavy atom. The first-order valence-corrected chi connectivity index (χ1v) is 12.5. The molecule has 0 radical (unpaired) electrons. The van der Waals surface area contributed by atoms with Gasteiger partial charge in [-0.3, -0.25) is 9.59 Å². The number of aromatic hydroxyl groups is 1. The van der Waals surface area contributed by atoms with E-state index in [1.54, 1.807) is 12.1 Å². The number of aliphatic hydroxyl groups excluding tert-OH is 7. The minimum atomic E-state index is -1.88. The van der Waals surface area contributed by atoms with Crippen LogP contribution in [0.15, 0.2) is 30.3 Å². The number of ether oxygens (including phenoxy) is 3. The molecular weight excluding hydrogens is 552 g/mol. The highest BCUT2D eigenvalue weighted by Crippen LogP contribution is 2.40. The maximum atomic E-state index is 13.1. The van der Waals surface area contributed by atoms with E-state index in [0.717, 1.165) is 6.07 Å². The molecule has 0 bridgehead atoms. The topological polar surface area (TPSA) is 242 Å². The Labute approximate surface area is 231 Å². The summed E-state index contributed by atoms with van der Waals surface area (Å²) in [6.45, 7) is -1.75. The predicted octanol–water partition coefficient (Wildman–Crippen LogP) is -2.77. The van der Waals surface area contributed by atoms with Crippen molar-refractivity contribution in [2.75, 3.05) is 13.2 Å². The summed E-state index contributed by atoms with van der Waals surface area (Å²) in [7, 11) is 0. The van der Waals surface area contributed by atoms with E-state index in [-0.39, 0.29) is 34.4 Å². The van der Waals surface area contributed by atoms with Crippen LogP contribution in [0.2, 0.25) is 0 Å². The van der Waals surface area contributed by atoms with Crippen molar-refractivity contribution in [3.05, 3.63) is 58.1 Å². The third-order valence-electron chi connectivity index (χ3n) is 7.19. The number of rotatable bonds is 7. The number of carbonyl (C=O) groups is 2. The molecule has 0 unspecified atom stereocenters. The van der Waals surface area contributed by atoms with Gasteiger partial charge in [0.25, 0.3) is 0 Å². The van der Waals surface area contributed by atoms with Crippen molar-refractivity contribution in [1.29, 1.82) is 0 Å². The first-order valence-electron chi connectivity index (χ1n) is 12.5. The molecule has 15 heteroatoms. The molecule has 0 saturated carbocycles. The number of ketones is 2. The number of aliphatic hydroxyl groups is 7. The van der Waals surface area contributed by atoms with Crippen molar-refractivity contribution >= 4 is 11.6 Å². The zero-order valence-corrected chi connectivity index (χ0v) is 21.1. The van der Waals surface area contributed by atoms with Crippen molar-refractivity contribution < 1.29 is 74.4 Å². The molecule has 3 aliphatic rings. The van der Waals surface area contributed by atoms with Gasteiger partial charge in [-0.1, -0.05) is 24.3 Å². The fraction of sp³-hybridized carbons (Fsp3) is 0.462. The van der Waals surface area contributed by atoms with E-state index < -0.39 is 91.6 Å². The standard InChI is InChI=1S/C26H28O15/c27-6-12-14(5-11-16(19(12)31)18(30)10-4-2-1-3-9(10)17(11)29)40-41-26-24(36)22(34)21(33)15(39-26)8-38-25-23(35)20(32)13(28)7-37-25/h1-5,13,15,20-28,31-36H,6-8H2/t13-,15-,20+,21-,22+,23-,24-,25+,26+/m1/s1. The summed E-state index contributed by atoms with van der Waals surface area (Å²) in [5.74, 6) is -2.37. The summed E-state index contributed by atoms with van der Waals surface area (Å²) in [4.78, 5) is 36.4. The molecule has 222 valence electrons. The van der Waals surface area contributed by atoms with E-state index in [1.165, 1.54) is 12.1 Å². The second kappa shape index (κ2) is 11.7. The summed E-state index contributed by atoms with van der Waals surface area (Å²) in [6.07, 6.45) is -14.6. The number of benzene rings is 2. The smallest absolute Gasteiger partial charge is 0.232 e. The third kappa shape index (κ3) is 5.22. The normalized spacial score (nSPS) is 33.3. The molecule has 2 aromatic rings. The van der Waals surface area contributed by atoms with Crippen LogP contribution in [0.1, 0.15) is 37.4 Å².